The molecule has 1 atom stereocenters. The maximum Gasteiger partial charge on any atom is 0.337 e. The minimum Gasteiger partial charge on any atom is -0.489 e. The Kier molecular flexibility index (Phi) is 7.24. The fourth-order valence-corrected chi connectivity index (χ4v) is 6.14. The van der Waals surface area contributed by atoms with E-state index in [0.29, 0.717) is 16.9 Å². The van der Waals surface area contributed by atoms with E-state index in [0.717, 1.165) is 36.4 Å². The highest BCUT2D eigenvalue weighted by Gasteiger charge is 2.45. The number of benzene rings is 2. The number of nitrogens with one attached hydrogen (secondary N) is 1. The lowest BCUT2D eigenvalue weighted by atomic mass is 9.86. The molecule has 0 radical (unpaired) electrons. The minimum atomic E-state index is -1.37. The largest absolute Gasteiger partial charge is 0.489 e. The van der Waals surface area contributed by atoms with Crippen LogP contribution in [0, 0.1) is 17.6 Å². The molecular weight excluding hydrogens is 603 g/mol. The summed E-state index contributed by atoms with van der Waals surface area (Å²) >= 11 is 19.2. The van der Waals surface area contributed by atoms with Gasteiger partial charge in [-0.1, -0.05) is 40.9 Å². The van der Waals surface area contributed by atoms with Crippen LogP contribution in [-0.4, -0.2) is 40.9 Å². The molecule has 41 heavy (non-hydrogen) atoms. The maximum absolute atomic E-state index is 14.4. The molecule has 1 aromatic heterocycles. The number of hydrogen-bond donors (Lipinski definition) is 3. The highest BCUT2D eigenvalue weighted by Crippen LogP contribution is 2.47. The van der Waals surface area contributed by atoms with E-state index in [4.69, 9.17) is 49.5 Å². The highest BCUT2D eigenvalue weighted by molar-refractivity contribution is 6.36. The van der Waals surface area contributed by atoms with Crippen molar-refractivity contribution in [1.29, 1.82) is 0 Å². The van der Waals surface area contributed by atoms with E-state index in [1.54, 1.807) is 18.2 Å². The summed E-state index contributed by atoms with van der Waals surface area (Å²) in [6.45, 7) is 0.119. The molecule has 214 valence electrons. The lowest BCUT2D eigenvalue weighted by Crippen LogP contribution is -2.60. The molecule has 3 aromatic rings. The molecule has 0 bridgehead atoms. The number of carbonyl (C=O) groups is 1. The smallest absolute Gasteiger partial charge is 0.337 e. The Morgan fingerprint density at radius 3 is 2.44 bits per heavy atom. The number of ether oxygens (including phenoxy) is 1. The second kappa shape index (κ2) is 10.6. The van der Waals surface area contributed by atoms with Crippen LogP contribution in [0.4, 0.5) is 14.6 Å². The van der Waals surface area contributed by atoms with Crippen molar-refractivity contribution < 1.29 is 33.4 Å². The number of aromatic nitrogens is 1. The van der Waals surface area contributed by atoms with Crippen molar-refractivity contribution in [3.63, 3.8) is 0 Å². The van der Waals surface area contributed by atoms with Crippen molar-refractivity contribution in [2.24, 2.45) is 5.92 Å². The fraction of sp³-hybridized carbons (Fsp3) is 0.286. The maximum atomic E-state index is 14.4. The molecule has 0 amide bonds. The van der Waals surface area contributed by atoms with Crippen LogP contribution in [0.15, 0.2) is 53.9 Å². The SMILES string of the molecule is O=C(O)c1cnc(N2CC(O)(c3ccc(OCC4=C(C5CC5)ONC4c4c(Cl)cc(F)cc4Cl)cc3Cl)C2)c(F)c1. The highest BCUT2D eigenvalue weighted by atomic mass is 35.5. The summed E-state index contributed by atoms with van der Waals surface area (Å²) in [5.41, 5.74) is 3.00. The number of carboxylic acid groups (broad SMARTS) is 1. The number of hydroxylamine groups is 1. The van der Waals surface area contributed by atoms with E-state index < -0.39 is 29.2 Å². The first-order valence-electron chi connectivity index (χ1n) is 12.6. The number of rotatable bonds is 8. The Morgan fingerprint density at radius 1 is 1.12 bits per heavy atom. The third kappa shape index (κ3) is 5.30. The number of aromatic carboxylic acids is 1. The van der Waals surface area contributed by atoms with E-state index in [1.807, 2.05) is 0 Å². The minimum absolute atomic E-state index is 0.00474. The molecule has 6 rings (SSSR count). The van der Waals surface area contributed by atoms with Gasteiger partial charge < -0.3 is 24.7 Å². The van der Waals surface area contributed by atoms with Crippen LogP contribution in [0.1, 0.15) is 40.4 Å². The Hall–Kier alpha value is -3.15. The summed E-state index contributed by atoms with van der Waals surface area (Å²) in [5, 5.41) is 20.7. The number of β-amino-alcohol motifs (C(OH)–C–C–N with tert-alkyl or cyclic N) is 1. The third-order valence-corrected chi connectivity index (χ3v) is 8.28. The summed E-state index contributed by atoms with van der Waals surface area (Å²) in [5.74, 6) is -1.27. The van der Waals surface area contributed by atoms with Gasteiger partial charge in [-0.15, -0.1) is 5.48 Å². The van der Waals surface area contributed by atoms with E-state index in [-0.39, 0.29) is 52.1 Å². The van der Waals surface area contributed by atoms with Gasteiger partial charge >= 0.3 is 5.97 Å². The Labute approximate surface area is 248 Å². The number of halogens is 5. The molecule has 0 spiro atoms. The van der Waals surface area contributed by atoms with Gasteiger partial charge in [0, 0.05) is 28.8 Å². The molecule has 1 saturated heterocycles. The first-order valence-corrected chi connectivity index (χ1v) is 13.8. The van der Waals surface area contributed by atoms with E-state index >= 15 is 0 Å². The number of carboxylic acids is 1. The fourth-order valence-electron chi connectivity index (χ4n) is 5.12. The Bertz CT molecular complexity index is 1570. The zero-order valence-corrected chi connectivity index (χ0v) is 23.4. The average molecular weight is 625 g/mol. The number of pyridine rings is 1. The quantitative estimate of drug-likeness (QED) is 0.279. The van der Waals surface area contributed by atoms with Crippen molar-refractivity contribution >= 4 is 46.6 Å². The van der Waals surface area contributed by atoms with Gasteiger partial charge in [0.1, 0.15) is 29.5 Å². The van der Waals surface area contributed by atoms with E-state index in [9.17, 15) is 18.7 Å². The summed E-state index contributed by atoms with van der Waals surface area (Å²) in [6.07, 6.45) is 3.00. The molecule has 1 unspecified atom stereocenters. The summed E-state index contributed by atoms with van der Waals surface area (Å²) in [6, 6.07) is 7.61. The van der Waals surface area contributed by atoms with Gasteiger partial charge in [-0.3, -0.25) is 0 Å². The van der Waals surface area contributed by atoms with Crippen LogP contribution in [-0.2, 0) is 10.4 Å². The molecule has 2 aromatic carbocycles. The van der Waals surface area contributed by atoms with Crippen molar-refractivity contribution in [3.05, 3.63) is 97.3 Å². The first-order chi connectivity index (χ1) is 19.5. The molecule has 1 saturated carbocycles. The Balaban J connectivity index is 1.17. The number of hydrogen-bond acceptors (Lipinski definition) is 7. The van der Waals surface area contributed by atoms with Crippen molar-refractivity contribution in [1.82, 2.24) is 10.5 Å². The molecular formula is C28H22Cl3F2N3O5. The number of nitrogens with zero attached hydrogens (tertiary/aromatic N) is 2. The van der Waals surface area contributed by atoms with Gasteiger partial charge in [0.15, 0.2) is 11.6 Å². The molecule has 3 heterocycles. The predicted molar refractivity (Wildman–Crippen MR) is 147 cm³/mol. The topological polar surface area (TPSA) is 104 Å². The van der Waals surface area contributed by atoms with Gasteiger partial charge in [-0.05, 0) is 43.2 Å². The summed E-state index contributed by atoms with van der Waals surface area (Å²) in [4.78, 5) is 22.2. The van der Waals surface area contributed by atoms with Crippen LogP contribution in [0.3, 0.4) is 0 Å². The summed E-state index contributed by atoms with van der Waals surface area (Å²) < 4.78 is 34.3. The number of anilines is 1. The molecule has 8 nitrogen and oxygen atoms in total. The normalized spacial score (nSPS) is 19.7. The predicted octanol–water partition coefficient (Wildman–Crippen LogP) is 6.05. The molecule has 2 aliphatic heterocycles. The number of aliphatic hydroxyl groups is 1. The zero-order valence-electron chi connectivity index (χ0n) is 21.1. The molecule has 2 fully saturated rings. The van der Waals surface area contributed by atoms with Crippen molar-refractivity contribution in [2.45, 2.75) is 24.5 Å². The summed E-state index contributed by atoms with van der Waals surface area (Å²) in [7, 11) is 0. The van der Waals surface area contributed by atoms with Crippen molar-refractivity contribution in [3.8, 4) is 5.75 Å². The van der Waals surface area contributed by atoms with Gasteiger partial charge in [-0.25, -0.2) is 18.6 Å². The zero-order chi connectivity index (χ0) is 29.1. The van der Waals surface area contributed by atoms with E-state index in [2.05, 4.69) is 10.5 Å². The van der Waals surface area contributed by atoms with Gasteiger partial charge in [-0.2, -0.15) is 0 Å². The van der Waals surface area contributed by atoms with E-state index in [1.165, 1.54) is 17.0 Å². The molecule has 3 N–H and O–H groups in total. The standard InChI is InChI=1S/C28H22Cl3F2N3O5/c29-19-8-16(3-4-18(19)28(39)11-36(12-28)26-22(33)5-14(9-34-26)27(37)38)40-10-17-24(35-41-25(17)13-1-2-13)23-20(30)6-15(32)7-21(23)31/h3-9,13,24,35,39H,1-2,10-12H2,(H,37,38). The van der Waals surface area contributed by atoms with Gasteiger partial charge in [0.2, 0.25) is 0 Å². The van der Waals surface area contributed by atoms with Crippen LogP contribution in [0.2, 0.25) is 15.1 Å². The monoisotopic (exact) mass is 623 g/mol. The second-order valence-electron chi connectivity index (χ2n) is 10.3. The lowest BCUT2D eigenvalue weighted by molar-refractivity contribution is 0.00670. The molecule has 1 aliphatic carbocycles. The number of allylic oxidation sites excluding steroid dienone is 1. The van der Waals surface area contributed by atoms with Gasteiger partial charge in [0.25, 0.3) is 0 Å². The third-order valence-electron chi connectivity index (χ3n) is 7.34. The lowest BCUT2D eigenvalue weighted by Gasteiger charge is -2.47. The Morgan fingerprint density at radius 2 is 1.83 bits per heavy atom. The molecule has 3 aliphatic rings. The molecule has 13 heteroatoms. The van der Waals surface area contributed by atoms with Crippen LogP contribution >= 0.6 is 34.8 Å². The van der Waals surface area contributed by atoms with Crippen LogP contribution in [0.25, 0.3) is 0 Å². The van der Waals surface area contributed by atoms with Gasteiger partial charge in [0.05, 0.1) is 39.8 Å². The first kappa shape index (κ1) is 28.0. The van der Waals surface area contributed by atoms with Crippen molar-refractivity contribution in [2.75, 3.05) is 24.6 Å². The second-order valence-corrected chi connectivity index (χ2v) is 11.5. The van der Waals surface area contributed by atoms with Crippen LogP contribution < -0.4 is 15.1 Å². The van der Waals surface area contributed by atoms with Crippen LogP contribution in [0.5, 0.6) is 5.75 Å². The average Bonchev–Trinajstić information content (AvgIpc) is 3.65.